The highest BCUT2D eigenvalue weighted by Crippen LogP contribution is 2.36. The fourth-order valence-corrected chi connectivity index (χ4v) is 4.23. The second-order valence-corrected chi connectivity index (χ2v) is 8.31. The van der Waals surface area contributed by atoms with Crippen molar-refractivity contribution in [3.05, 3.63) is 59.4 Å². The molecule has 6 nitrogen and oxygen atoms in total. The Morgan fingerprint density at radius 3 is 2.56 bits per heavy atom. The average molecular weight is 486 g/mol. The molecular weight excluding hydrogens is 467 g/mol. The summed E-state index contributed by atoms with van der Waals surface area (Å²) in [6.45, 7) is 2.06. The number of nitrogens with zero attached hydrogens (tertiary/aromatic N) is 4. The zero-order valence-corrected chi connectivity index (χ0v) is 19.0. The Morgan fingerprint density at radius 1 is 1.09 bits per heavy atom. The Kier molecular flexibility index (Phi) is 5.44. The van der Waals surface area contributed by atoms with E-state index in [1.54, 1.807) is 10.7 Å². The van der Waals surface area contributed by atoms with Crippen molar-refractivity contribution in [2.75, 3.05) is 0 Å². The number of rotatable bonds is 5. The molecule has 0 fully saturated rings. The van der Waals surface area contributed by atoms with Gasteiger partial charge in [0.1, 0.15) is 22.5 Å². The Morgan fingerprint density at radius 2 is 1.85 bits per heavy atom. The van der Waals surface area contributed by atoms with E-state index in [1.165, 1.54) is 24.3 Å². The van der Waals surface area contributed by atoms with Gasteiger partial charge >= 0.3 is 6.36 Å². The lowest BCUT2D eigenvalue weighted by atomic mass is 10.1. The van der Waals surface area contributed by atoms with Crippen LogP contribution in [-0.4, -0.2) is 31.1 Å². The van der Waals surface area contributed by atoms with E-state index in [9.17, 15) is 13.2 Å². The van der Waals surface area contributed by atoms with Crippen molar-refractivity contribution >= 4 is 33.5 Å². The van der Waals surface area contributed by atoms with Gasteiger partial charge in [-0.25, -0.2) is 9.97 Å². The second-order valence-electron chi connectivity index (χ2n) is 7.88. The van der Waals surface area contributed by atoms with E-state index >= 15 is 0 Å². The summed E-state index contributed by atoms with van der Waals surface area (Å²) < 4.78 is 43.4. The van der Waals surface area contributed by atoms with E-state index in [2.05, 4.69) is 21.7 Å². The SMILES string of the molecule is CCCc1nn(C)c2c(-c3c[nH]c4ccc(Cl)cc34)nc(-c3ccc(OC(F)(F)F)cc3)nc12. The Bertz CT molecular complexity index is 1510. The number of ether oxygens (including phenoxy) is 1. The van der Waals surface area contributed by atoms with Gasteiger partial charge in [-0.05, 0) is 48.9 Å². The predicted molar refractivity (Wildman–Crippen MR) is 125 cm³/mol. The Balaban J connectivity index is 1.72. The van der Waals surface area contributed by atoms with Crippen molar-refractivity contribution in [2.24, 2.45) is 7.05 Å². The van der Waals surface area contributed by atoms with E-state index < -0.39 is 6.36 Å². The zero-order valence-electron chi connectivity index (χ0n) is 18.2. The van der Waals surface area contributed by atoms with Crippen LogP contribution in [0.5, 0.6) is 5.75 Å². The van der Waals surface area contributed by atoms with Gasteiger partial charge in [0.2, 0.25) is 0 Å². The van der Waals surface area contributed by atoms with Crippen molar-refractivity contribution in [1.82, 2.24) is 24.7 Å². The van der Waals surface area contributed by atoms with Crippen LogP contribution in [0.4, 0.5) is 13.2 Å². The van der Waals surface area contributed by atoms with Crippen molar-refractivity contribution < 1.29 is 17.9 Å². The number of hydrogen-bond donors (Lipinski definition) is 1. The van der Waals surface area contributed by atoms with Gasteiger partial charge in [0.25, 0.3) is 0 Å². The van der Waals surface area contributed by atoms with Crippen LogP contribution in [0.25, 0.3) is 44.6 Å². The number of aromatic amines is 1. The monoisotopic (exact) mass is 485 g/mol. The van der Waals surface area contributed by atoms with Crippen LogP contribution < -0.4 is 4.74 Å². The molecule has 0 saturated carbocycles. The maximum atomic E-state index is 12.6. The molecule has 0 unspecified atom stereocenters. The molecule has 174 valence electrons. The molecule has 34 heavy (non-hydrogen) atoms. The molecule has 0 aliphatic carbocycles. The Hall–Kier alpha value is -3.59. The third-order valence-corrected chi connectivity index (χ3v) is 5.72. The lowest BCUT2D eigenvalue weighted by Gasteiger charge is -2.10. The first-order valence-electron chi connectivity index (χ1n) is 10.6. The summed E-state index contributed by atoms with van der Waals surface area (Å²) in [7, 11) is 1.85. The average Bonchev–Trinajstić information content (AvgIpc) is 3.33. The summed E-state index contributed by atoms with van der Waals surface area (Å²) in [5, 5.41) is 6.16. The van der Waals surface area contributed by atoms with E-state index in [1.807, 2.05) is 25.4 Å². The highest BCUT2D eigenvalue weighted by molar-refractivity contribution is 6.31. The van der Waals surface area contributed by atoms with Crippen LogP contribution in [0.3, 0.4) is 0 Å². The first kappa shape index (κ1) is 22.2. The standard InChI is InChI=1S/C24H19ClF3N5O/c1-3-4-19-21-22(33(2)32-19)20(17-12-29-18-10-7-14(25)11-16(17)18)30-23(31-21)13-5-8-15(9-6-13)34-24(26,27)28/h5-12,29H,3-4H2,1-2H3. The summed E-state index contributed by atoms with van der Waals surface area (Å²) in [6, 6.07) is 11.1. The van der Waals surface area contributed by atoms with Crippen LogP contribution in [0.1, 0.15) is 19.0 Å². The van der Waals surface area contributed by atoms with E-state index in [-0.39, 0.29) is 5.75 Å². The molecule has 10 heteroatoms. The van der Waals surface area contributed by atoms with Crippen LogP contribution in [-0.2, 0) is 13.5 Å². The number of alkyl halides is 3. The van der Waals surface area contributed by atoms with Crippen LogP contribution >= 0.6 is 11.6 Å². The van der Waals surface area contributed by atoms with Gasteiger partial charge in [0, 0.05) is 40.3 Å². The molecule has 0 atom stereocenters. The van der Waals surface area contributed by atoms with Gasteiger partial charge in [0.15, 0.2) is 5.82 Å². The van der Waals surface area contributed by atoms with Crippen LogP contribution in [0.15, 0.2) is 48.7 Å². The Labute approximate surface area is 197 Å². The van der Waals surface area contributed by atoms with Gasteiger partial charge < -0.3 is 9.72 Å². The lowest BCUT2D eigenvalue weighted by Crippen LogP contribution is -2.16. The minimum absolute atomic E-state index is 0.308. The third-order valence-electron chi connectivity index (χ3n) is 5.48. The van der Waals surface area contributed by atoms with Crippen molar-refractivity contribution in [1.29, 1.82) is 0 Å². The quantitative estimate of drug-likeness (QED) is 0.301. The van der Waals surface area contributed by atoms with Gasteiger partial charge in [0.05, 0.1) is 5.69 Å². The molecule has 0 aliphatic heterocycles. The molecule has 3 aromatic heterocycles. The molecular formula is C24H19ClF3N5O. The molecule has 0 spiro atoms. The minimum atomic E-state index is -4.76. The van der Waals surface area contributed by atoms with Gasteiger partial charge in [-0.2, -0.15) is 5.10 Å². The summed E-state index contributed by atoms with van der Waals surface area (Å²) in [6.07, 6.45) is -1.29. The number of aryl methyl sites for hydroxylation is 2. The number of nitrogens with one attached hydrogen (secondary N) is 1. The summed E-state index contributed by atoms with van der Waals surface area (Å²) >= 11 is 6.26. The molecule has 5 aromatic rings. The third kappa shape index (κ3) is 4.07. The number of H-pyrrole nitrogens is 1. The first-order valence-corrected chi connectivity index (χ1v) is 11.0. The summed E-state index contributed by atoms with van der Waals surface area (Å²) in [5.41, 5.74) is 5.25. The minimum Gasteiger partial charge on any atom is -0.406 e. The van der Waals surface area contributed by atoms with Gasteiger partial charge in [-0.1, -0.05) is 24.9 Å². The first-order chi connectivity index (χ1) is 16.2. The van der Waals surface area contributed by atoms with E-state index in [4.69, 9.17) is 21.6 Å². The van der Waals surface area contributed by atoms with Crippen molar-refractivity contribution in [3.63, 3.8) is 0 Å². The molecule has 0 amide bonds. The molecule has 5 rings (SSSR count). The van der Waals surface area contributed by atoms with E-state index in [0.29, 0.717) is 27.6 Å². The fraction of sp³-hybridized carbons (Fsp3) is 0.208. The molecule has 0 saturated heterocycles. The lowest BCUT2D eigenvalue weighted by molar-refractivity contribution is -0.274. The van der Waals surface area contributed by atoms with Crippen LogP contribution in [0, 0.1) is 0 Å². The molecule has 1 N–H and O–H groups in total. The topological polar surface area (TPSA) is 68.6 Å². The molecule has 2 aromatic carbocycles. The highest BCUT2D eigenvalue weighted by atomic mass is 35.5. The number of aromatic nitrogens is 5. The maximum Gasteiger partial charge on any atom is 0.573 e. The molecule has 0 bridgehead atoms. The van der Waals surface area contributed by atoms with Gasteiger partial charge in [-0.15, -0.1) is 13.2 Å². The normalized spacial score (nSPS) is 12.1. The second kappa shape index (κ2) is 8.32. The molecule has 0 radical (unpaired) electrons. The summed E-state index contributed by atoms with van der Waals surface area (Å²) in [4.78, 5) is 12.8. The van der Waals surface area contributed by atoms with E-state index in [0.717, 1.165) is 40.5 Å². The number of halogens is 4. The smallest absolute Gasteiger partial charge is 0.406 e. The maximum absolute atomic E-state index is 12.6. The molecule has 0 aliphatic rings. The predicted octanol–water partition coefficient (Wildman–Crippen LogP) is 6.68. The highest BCUT2D eigenvalue weighted by Gasteiger charge is 2.31. The largest absolute Gasteiger partial charge is 0.573 e. The number of benzene rings is 2. The summed E-state index contributed by atoms with van der Waals surface area (Å²) in [5.74, 6) is 0.0691. The molecule has 3 heterocycles. The zero-order chi connectivity index (χ0) is 24.0. The fourth-order valence-electron chi connectivity index (χ4n) is 4.06. The van der Waals surface area contributed by atoms with Gasteiger partial charge in [-0.3, -0.25) is 4.68 Å². The van der Waals surface area contributed by atoms with Crippen molar-refractivity contribution in [3.8, 4) is 28.4 Å². The van der Waals surface area contributed by atoms with Crippen molar-refractivity contribution in [2.45, 2.75) is 26.1 Å². The number of hydrogen-bond acceptors (Lipinski definition) is 4. The van der Waals surface area contributed by atoms with Crippen LogP contribution in [0.2, 0.25) is 5.02 Å². The number of fused-ring (bicyclic) bond motifs is 2.